The number of nitrogens with two attached hydrogens (primary N) is 1. The number of fused-ring (bicyclic) bond motifs is 1. The summed E-state index contributed by atoms with van der Waals surface area (Å²) in [6.45, 7) is 0.977. The fourth-order valence-electron chi connectivity index (χ4n) is 2.64. The molecule has 0 spiro atoms. The molecule has 2 N–H and O–H groups in total. The summed E-state index contributed by atoms with van der Waals surface area (Å²) in [6, 6.07) is 14.4. The molecule has 1 aromatic carbocycles. The standard InChI is InChI=1S/C16H17N3S/c17-16(20)13-8-5-10-15(18-13)19-11-4-3-7-12-6-1-2-9-14(12)19/h1-2,5-6,8-10H,3-4,7,11H2,(H2,17,20). The van der Waals surface area contributed by atoms with Crippen LogP contribution in [0.3, 0.4) is 0 Å². The first-order valence-electron chi connectivity index (χ1n) is 6.88. The summed E-state index contributed by atoms with van der Waals surface area (Å²) in [5.74, 6) is 0.921. The van der Waals surface area contributed by atoms with Gasteiger partial charge in [-0.25, -0.2) is 4.98 Å². The molecule has 0 saturated carbocycles. The largest absolute Gasteiger partial charge is 0.388 e. The van der Waals surface area contributed by atoms with Gasteiger partial charge in [-0.05, 0) is 43.0 Å². The molecular weight excluding hydrogens is 266 g/mol. The number of benzene rings is 1. The molecule has 1 aliphatic heterocycles. The Labute approximate surface area is 124 Å². The summed E-state index contributed by atoms with van der Waals surface area (Å²) < 4.78 is 0. The van der Waals surface area contributed by atoms with Crippen molar-refractivity contribution in [2.24, 2.45) is 5.73 Å². The third kappa shape index (κ3) is 2.51. The Kier molecular flexibility index (Phi) is 3.65. The maximum Gasteiger partial charge on any atom is 0.133 e. The molecule has 0 aliphatic carbocycles. The van der Waals surface area contributed by atoms with Crippen molar-refractivity contribution < 1.29 is 0 Å². The third-order valence-corrected chi connectivity index (χ3v) is 3.83. The predicted molar refractivity (Wildman–Crippen MR) is 86.5 cm³/mol. The van der Waals surface area contributed by atoms with Crippen LogP contribution in [0.1, 0.15) is 24.1 Å². The number of aryl methyl sites for hydroxylation is 1. The molecule has 2 aromatic rings. The van der Waals surface area contributed by atoms with Crippen LogP contribution in [0.4, 0.5) is 11.5 Å². The number of anilines is 2. The van der Waals surface area contributed by atoms with E-state index < -0.39 is 0 Å². The minimum atomic E-state index is 0.343. The highest BCUT2D eigenvalue weighted by Crippen LogP contribution is 2.31. The van der Waals surface area contributed by atoms with Crippen molar-refractivity contribution in [3.8, 4) is 0 Å². The normalized spacial score (nSPS) is 14.5. The second kappa shape index (κ2) is 5.59. The molecule has 102 valence electrons. The van der Waals surface area contributed by atoms with Crippen LogP contribution < -0.4 is 10.6 Å². The number of rotatable bonds is 2. The summed E-state index contributed by atoms with van der Waals surface area (Å²) in [7, 11) is 0. The van der Waals surface area contributed by atoms with Crippen LogP contribution in [0.25, 0.3) is 0 Å². The van der Waals surface area contributed by atoms with Gasteiger partial charge in [0.2, 0.25) is 0 Å². The van der Waals surface area contributed by atoms with Crippen molar-refractivity contribution in [1.82, 2.24) is 4.98 Å². The molecule has 0 unspecified atom stereocenters. The summed E-state index contributed by atoms with van der Waals surface area (Å²) in [6.07, 6.45) is 3.50. The van der Waals surface area contributed by atoms with Gasteiger partial charge in [0.15, 0.2) is 0 Å². The van der Waals surface area contributed by atoms with E-state index in [0.717, 1.165) is 25.2 Å². The molecule has 0 bridgehead atoms. The first-order chi connectivity index (χ1) is 9.75. The number of pyridine rings is 1. The lowest BCUT2D eigenvalue weighted by atomic mass is 10.1. The van der Waals surface area contributed by atoms with E-state index in [2.05, 4.69) is 34.1 Å². The van der Waals surface area contributed by atoms with Gasteiger partial charge in [-0.2, -0.15) is 0 Å². The van der Waals surface area contributed by atoms with Crippen LogP contribution in [0, 0.1) is 0 Å². The molecule has 3 rings (SSSR count). The SMILES string of the molecule is NC(=S)c1cccc(N2CCCCc3ccccc32)n1. The zero-order valence-corrected chi connectivity index (χ0v) is 12.1. The third-order valence-electron chi connectivity index (χ3n) is 3.62. The van der Waals surface area contributed by atoms with E-state index in [4.69, 9.17) is 18.0 Å². The lowest BCUT2D eigenvalue weighted by Crippen LogP contribution is -2.21. The van der Waals surface area contributed by atoms with Gasteiger partial charge in [0.25, 0.3) is 0 Å². The van der Waals surface area contributed by atoms with E-state index in [9.17, 15) is 0 Å². The molecular formula is C16H17N3S. The second-order valence-corrected chi connectivity index (χ2v) is 5.42. The fourth-order valence-corrected chi connectivity index (χ4v) is 2.75. The molecule has 0 atom stereocenters. The number of nitrogens with zero attached hydrogens (tertiary/aromatic N) is 2. The maximum absolute atomic E-state index is 5.69. The number of hydrogen-bond donors (Lipinski definition) is 1. The summed E-state index contributed by atoms with van der Waals surface area (Å²) in [4.78, 5) is 7.21. The lowest BCUT2D eigenvalue weighted by molar-refractivity contribution is 0.757. The van der Waals surface area contributed by atoms with E-state index in [1.165, 1.54) is 17.7 Å². The van der Waals surface area contributed by atoms with Gasteiger partial charge in [-0.3, -0.25) is 0 Å². The van der Waals surface area contributed by atoms with Crippen LogP contribution >= 0.6 is 12.2 Å². The fraction of sp³-hybridized carbons (Fsp3) is 0.250. The van der Waals surface area contributed by atoms with Gasteiger partial charge in [0, 0.05) is 12.2 Å². The molecule has 3 nitrogen and oxygen atoms in total. The van der Waals surface area contributed by atoms with Gasteiger partial charge in [-0.15, -0.1) is 0 Å². The van der Waals surface area contributed by atoms with Crippen molar-refractivity contribution in [3.63, 3.8) is 0 Å². The van der Waals surface area contributed by atoms with E-state index in [1.54, 1.807) is 0 Å². The maximum atomic E-state index is 5.69. The van der Waals surface area contributed by atoms with Crippen LogP contribution in [0.15, 0.2) is 42.5 Å². The zero-order valence-electron chi connectivity index (χ0n) is 11.2. The highest BCUT2D eigenvalue weighted by atomic mass is 32.1. The molecule has 4 heteroatoms. The molecule has 0 radical (unpaired) electrons. The molecule has 1 aromatic heterocycles. The minimum absolute atomic E-state index is 0.343. The number of thiocarbonyl (C=S) groups is 1. The van der Waals surface area contributed by atoms with Gasteiger partial charge in [0.05, 0.1) is 5.69 Å². The molecule has 20 heavy (non-hydrogen) atoms. The van der Waals surface area contributed by atoms with E-state index >= 15 is 0 Å². The Morgan fingerprint density at radius 2 is 1.95 bits per heavy atom. The van der Waals surface area contributed by atoms with Gasteiger partial charge in [0.1, 0.15) is 10.8 Å². The Morgan fingerprint density at radius 3 is 2.80 bits per heavy atom. The lowest BCUT2D eigenvalue weighted by Gasteiger charge is -2.24. The van der Waals surface area contributed by atoms with E-state index in [1.807, 2.05) is 18.2 Å². The van der Waals surface area contributed by atoms with Crippen molar-refractivity contribution in [2.75, 3.05) is 11.4 Å². The summed E-state index contributed by atoms with van der Waals surface area (Å²) in [5, 5.41) is 0. The number of para-hydroxylation sites is 1. The highest BCUT2D eigenvalue weighted by molar-refractivity contribution is 7.80. The highest BCUT2D eigenvalue weighted by Gasteiger charge is 2.17. The molecule has 2 heterocycles. The Morgan fingerprint density at radius 1 is 1.10 bits per heavy atom. The minimum Gasteiger partial charge on any atom is -0.388 e. The Bertz CT molecular complexity index is 639. The smallest absolute Gasteiger partial charge is 0.133 e. The molecule has 0 fully saturated rings. The van der Waals surface area contributed by atoms with Crippen molar-refractivity contribution in [2.45, 2.75) is 19.3 Å². The summed E-state index contributed by atoms with van der Waals surface area (Å²) >= 11 is 5.02. The van der Waals surface area contributed by atoms with Crippen LogP contribution in [-0.2, 0) is 6.42 Å². The van der Waals surface area contributed by atoms with Crippen LogP contribution in [0.2, 0.25) is 0 Å². The molecule has 1 aliphatic rings. The Balaban J connectivity index is 2.05. The Hall–Kier alpha value is -1.94. The monoisotopic (exact) mass is 283 g/mol. The topological polar surface area (TPSA) is 42.1 Å². The van der Waals surface area contributed by atoms with Crippen LogP contribution in [-0.4, -0.2) is 16.5 Å². The predicted octanol–water partition coefficient (Wildman–Crippen LogP) is 3.19. The first-order valence-corrected chi connectivity index (χ1v) is 7.29. The van der Waals surface area contributed by atoms with Crippen molar-refractivity contribution >= 4 is 28.7 Å². The van der Waals surface area contributed by atoms with Crippen LogP contribution in [0.5, 0.6) is 0 Å². The van der Waals surface area contributed by atoms with Gasteiger partial charge < -0.3 is 10.6 Å². The van der Waals surface area contributed by atoms with Crippen molar-refractivity contribution in [3.05, 3.63) is 53.7 Å². The van der Waals surface area contributed by atoms with E-state index in [-0.39, 0.29) is 0 Å². The number of hydrogen-bond acceptors (Lipinski definition) is 3. The quantitative estimate of drug-likeness (QED) is 0.860. The first kappa shape index (κ1) is 13.1. The van der Waals surface area contributed by atoms with Gasteiger partial charge in [-0.1, -0.05) is 36.5 Å². The number of aromatic nitrogens is 1. The summed E-state index contributed by atoms with van der Waals surface area (Å²) in [5.41, 5.74) is 9.00. The molecule has 0 amide bonds. The zero-order chi connectivity index (χ0) is 13.9. The average Bonchev–Trinajstić information content (AvgIpc) is 2.69. The second-order valence-electron chi connectivity index (χ2n) is 4.98. The van der Waals surface area contributed by atoms with Gasteiger partial charge >= 0.3 is 0 Å². The van der Waals surface area contributed by atoms with Crippen molar-refractivity contribution in [1.29, 1.82) is 0 Å². The average molecular weight is 283 g/mol. The van der Waals surface area contributed by atoms with E-state index in [0.29, 0.717) is 10.7 Å². The molecule has 0 saturated heterocycles.